The Morgan fingerprint density at radius 3 is 2.30 bits per heavy atom. The largest absolute Gasteiger partial charge is 0.493 e. The van der Waals surface area contributed by atoms with Crippen LogP contribution in [0.5, 0.6) is 11.5 Å². The van der Waals surface area contributed by atoms with E-state index in [2.05, 4.69) is 15.9 Å². The summed E-state index contributed by atoms with van der Waals surface area (Å²) in [5.41, 5.74) is 2.79. The zero-order chi connectivity index (χ0) is 25.8. The summed E-state index contributed by atoms with van der Waals surface area (Å²) in [5, 5.41) is 0. The number of hydrogen-bond acceptors (Lipinski definition) is 6. The van der Waals surface area contributed by atoms with E-state index in [1.807, 2.05) is 41.4 Å². The number of ether oxygens (including phenoxy) is 2. The molecule has 3 heterocycles. The molecule has 2 amide bonds. The Morgan fingerprint density at radius 1 is 0.865 bits per heavy atom. The van der Waals surface area contributed by atoms with Crippen molar-refractivity contribution in [3.8, 4) is 11.5 Å². The summed E-state index contributed by atoms with van der Waals surface area (Å²) in [7, 11) is 3.04. The van der Waals surface area contributed by atoms with Gasteiger partial charge in [0.2, 0.25) is 11.8 Å². The van der Waals surface area contributed by atoms with Crippen molar-refractivity contribution < 1.29 is 23.9 Å². The molecule has 0 N–H and O–H groups in total. The Kier molecular flexibility index (Phi) is 5.64. The molecular formula is C29H23BrN2O5. The van der Waals surface area contributed by atoms with E-state index in [0.717, 1.165) is 15.6 Å². The molecule has 37 heavy (non-hydrogen) atoms. The van der Waals surface area contributed by atoms with Crippen LogP contribution in [0.2, 0.25) is 0 Å². The topological polar surface area (TPSA) is 76.2 Å². The number of rotatable bonds is 5. The van der Waals surface area contributed by atoms with Gasteiger partial charge in [-0.15, -0.1) is 0 Å². The van der Waals surface area contributed by atoms with Gasteiger partial charge in [-0.1, -0.05) is 40.2 Å². The monoisotopic (exact) mass is 558 g/mol. The van der Waals surface area contributed by atoms with E-state index in [-0.39, 0.29) is 17.6 Å². The fourth-order valence-electron chi connectivity index (χ4n) is 5.86. The standard InChI is InChI=1S/C29H23BrN2O5/c1-36-21-12-7-17(15-22(21)37-2)27(33)26-24-23(25-20-6-4-3-5-16(20)13-14-31(25)26)28(34)32(29(24)35)19-10-8-18(30)9-11-19/h3-15,23-26H,1-2H3/t23-,24+,25-,26-/m0/s1. The number of Topliss-reactive ketones (excluding diaryl/α,β-unsaturated/α-hetero) is 1. The molecule has 3 aliphatic rings. The third-order valence-corrected chi connectivity index (χ3v) is 8.01. The first-order valence-corrected chi connectivity index (χ1v) is 12.7. The SMILES string of the molecule is COc1ccc(C(=O)[C@@H]2[C@@H]3C(=O)N(c4ccc(Br)cc4)C(=O)[C@@H]3[C@@H]3c4ccccc4C=CN23)cc1OC. The van der Waals surface area contributed by atoms with Gasteiger partial charge in [0, 0.05) is 16.2 Å². The van der Waals surface area contributed by atoms with Crippen molar-refractivity contribution in [1.29, 1.82) is 0 Å². The Bertz CT molecular complexity index is 1470. The van der Waals surface area contributed by atoms with Crippen molar-refractivity contribution >= 4 is 45.3 Å². The molecule has 3 aliphatic heterocycles. The van der Waals surface area contributed by atoms with Crippen molar-refractivity contribution in [3.63, 3.8) is 0 Å². The summed E-state index contributed by atoms with van der Waals surface area (Å²) in [5.74, 6) is -1.52. The highest BCUT2D eigenvalue weighted by atomic mass is 79.9. The van der Waals surface area contributed by atoms with Crippen LogP contribution < -0.4 is 14.4 Å². The molecule has 0 aromatic heterocycles. The van der Waals surface area contributed by atoms with Crippen molar-refractivity contribution in [2.24, 2.45) is 11.8 Å². The van der Waals surface area contributed by atoms with Crippen LogP contribution in [0.1, 0.15) is 27.5 Å². The molecule has 2 saturated heterocycles. The van der Waals surface area contributed by atoms with Crippen LogP contribution in [0.3, 0.4) is 0 Å². The molecule has 8 heteroatoms. The maximum absolute atomic E-state index is 14.1. The van der Waals surface area contributed by atoms with Crippen LogP contribution in [-0.4, -0.2) is 42.8 Å². The highest BCUT2D eigenvalue weighted by Gasteiger charge is 2.64. The van der Waals surface area contributed by atoms with Gasteiger partial charge < -0.3 is 14.4 Å². The Hall–Kier alpha value is -3.91. The molecule has 0 aliphatic carbocycles. The number of amides is 2. The van der Waals surface area contributed by atoms with Gasteiger partial charge >= 0.3 is 0 Å². The first kappa shape index (κ1) is 23.5. The molecule has 2 fully saturated rings. The minimum absolute atomic E-state index is 0.249. The van der Waals surface area contributed by atoms with E-state index in [9.17, 15) is 14.4 Å². The third kappa shape index (κ3) is 3.50. The lowest BCUT2D eigenvalue weighted by atomic mass is 9.83. The Balaban J connectivity index is 1.48. The van der Waals surface area contributed by atoms with Crippen LogP contribution in [0, 0.1) is 11.8 Å². The van der Waals surface area contributed by atoms with Crippen molar-refractivity contribution in [3.05, 3.63) is 94.1 Å². The number of ketones is 1. The van der Waals surface area contributed by atoms with Gasteiger partial charge in [-0.25, -0.2) is 4.90 Å². The number of hydrogen-bond donors (Lipinski definition) is 0. The van der Waals surface area contributed by atoms with Crippen LogP contribution in [0.4, 0.5) is 5.69 Å². The lowest BCUT2D eigenvalue weighted by Crippen LogP contribution is -2.44. The number of halogens is 1. The van der Waals surface area contributed by atoms with Gasteiger partial charge in [0.05, 0.1) is 37.8 Å². The summed E-state index contributed by atoms with van der Waals surface area (Å²) in [4.78, 5) is 45.1. The van der Waals surface area contributed by atoms with Crippen LogP contribution in [0.25, 0.3) is 6.08 Å². The third-order valence-electron chi connectivity index (χ3n) is 7.48. The van der Waals surface area contributed by atoms with E-state index in [1.54, 1.807) is 42.5 Å². The minimum Gasteiger partial charge on any atom is -0.493 e. The molecule has 186 valence electrons. The maximum Gasteiger partial charge on any atom is 0.240 e. The molecule has 3 aromatic rings. The second kappa shape index (κ2) is 8.88. The Morgan fingerprint density at radius 2 is 1.57 bits per heavy atom. The van der Waals surface area contributed by atoms with Gasteiger partial charge in [-0.05, 0) is 59.7 Å². The minimum atomic E-state index is -0.852. The zero-order valence-corrected chi connectivity index (χ0v) is 21.7. The molecule has 4 atom stereocenters. The van der Waals surface area contributed by atoms with E-state index < -0.39 is 23.9 Å². The highest BCUT2D eigenvalue weighted by molar-refractivity contribution is 9.10. The summed E-state index contributed by atoms with van der Waals surface area (Å²) < 4.78 is 11.6. The fourth-order valence-corrected chi connectivity index (χ4v) is 6.13. The van der Waals surface area contributed by atoms with E-state index in [1.165, 1.54) is 19.1 Å². The molecule has 0 unspecified atom stereocenters. The molecule has 0 saturated carbocycles. The molecule has 0 spiro atoms. The van der Waals surface area contributed by atoms with Crippen molar-refractivity contribution in [2.45, 2.75) is 12.1 Å². The number of carbonyl (C=O) groups excluding carboxylic acids is 3. The van der Waals surface area contributed by atoms with Gasteiger partial charge in [0.15, 0.2) is 17.3 Å². The second-order valence-corrected chi connectivity index (χ2v) is 10.2. The average molecular weight is 559 g/mol. The first-order valence-electron chi connectivity index (χ1n) is 11.9. The fraction of sp³-hybridized carbons (Fsp3) is 0.207. The summed E-state index contributed by atoms with van der Waals surface area (Å²) in [6.45, 7) is 0. The highest BCUT2D eigenvalue weighted by Crippen LogP contribution is 2.53. The van der Waals surface area contributed by atoms with Crippen LogP contribution in [0.15, 0.2) is 77.4 Å². The summed E-state index contributed by atoms with van der Waals surface area (Å²) >= 11 is 3.41. The number of benzene rings is 3. The number of imide groups is 1. The molecular weight excluding hydrogens is 536 g/mol. The van der Waals surface area contributed by atoms with E-state index >= 15 is 0 Å². The maximum atomic E-state index is 14.1. The lowest BCUT2D eigenvalue weighted by molar-refractivity contribution is -0.123. The second-order valence-electron chi connectivity index (χ2n) is 9.26. The van der Waals surface area contributed by atoms with Crippen molar-refractivity contribution in [1.82, 2.24) is 4.90 Å². The van der Waals surface area contributed by atoms with Crippen LogP contribution >= 0.6 is 15.9 Å². The normalized spacial score (nSPS) is 23.5. The molecule has 0 bridgehead atoms. The Labute approximate surface area is 222 Å². The van der Waals surface area contributed by atoms with Gasteiger partial charge in [0.25, 0.3) is 0 Å². The van der Waals surface area contributed by atoms with Crippen LogP contribution in [-0.2, 0) is 9.59 Å². The zero-order valence-electron chi connectivity index (χ0n) is 20.1. The smallest absolute Gasteiger partial charge is 0.240 e. The first-order chi connectivity index (χ1) is 17.9. The average Bonchev–Trinajstić information content (AvgIpc) is 3.40. The van der Waals surface area contributed by atoms with E-state index in [0.29, 0.717) is 22.7 Å². The summed E-state index contributed by atoms with van der Waals surface area (Å²) in [6, 6.07) is 18.5. The van der Waals surface area contributed by atoms with Gasteiger partial charge in [-0.3, -0.25) is 14.4 Å². The molecule has 6 rings (SSSR count). The number of nitrogens with zero attached hydrogens (tertiary/aromatic N) is 2. The molecule has 0 radical (unpaired) electrons. The van der Waals surface area contributed by atoms with Crippen molar-refractivity contribution in [2.75, 3.05) is 19.1 Å². The lowest BCUT2D eigenvalue weighted by Gasteiger charge is -2.35. The number of carbonyl (C=O) groups is 3. The summed E-state index contributed by atoms with van der Waals surface area (Å²) in [6.07, 6.45) is 3.78. The van der Waals surface area contributed by atoms with E-state index in [4.69, 9.17) is 9.47 Å². The van der Waals surface area contributed by atoms with Gasteiger partial charge in [-0.2, -0.15) is 0 Å². The number of anilines is 1. The number of fused-ring (bicyclic) bond motifs is 5. The molecule has 3 aromatic carbocycles. The number of methoxy groups -OCH3 is 2. The molecule has 7 nitrogen and oxygen atoms in total. The van der Waals surface area contributed by atoms with Gasteiger partial charge in [0.1, 0.15) is 6.04 Å². The quantitative estimate of drug-likeness (QED) is 0.328. The predicted octanol–water partition coefficient (Wildman–Crippen LogP) is 4.86. The predicted molar refractivity (Wildman–Crippen MR) is 141 cm³/mol.